The first-order chi connectivity index (χ1) is 9.35. The summed E-state index contributed by atoms with van der Waals surface area (Å²) in [6, 6.07) is 0.271. The number of rotatable bonds is 2. The Bertz CT molecular complexity index is 467. The van der Waals surface area contributed by atoms with Crippen LogP contribution in [0.2, 0.25) is 0 Å². The molecule has 0 radical (unpaired) electrons. The maximum absolute atomic E-state index is 11.9. The van der Waals surface area contributed by atoms with Crippen LogP contribution in [0.4, 0.5) is 4.79 Å². The molecule has 0 spiro atoms. The van der Waals surface area contributed by atoms with Crippen LogP contribution < -0.4 is 5.32 Å². The number of hydrogen-bond donors (Lipinski definition) is 1. The zero-order valence-electron chi connectivity index (χ0n) is 12.2. The minimum atomic E-state index is -0.469. The highest BCUT2D eigenvalue weighted by Crippen LogP contribution is 2.29. The van der Waals surface area contributed by atoms with Crippen LogP contribution in [0, 0.1) is 0 Å². The maximum Gasteiger partial charge on any atom is 0.407 e. The highest BCUT2D eigenvalue weighted by atomic mass is 79.9. The molecule has 1 fully saturated rings. The van der Waals surface area contributed by atoms with Crippen molar-refractivity contribution in [2.75, 3.05) is 0 Å². The Morgan fingerprint density at radius 2 is 2.15 bits per heavy atom. The van der Waals surface area contributed by atoms with Crippen LogP contribution in [0.25, 0.3) is 0 Å². The van der Waals surface area contributed by atoms with Gasteiger partial charge in [0.05, 0.1) is 22.8 Å². The van der Waals surface area contributed by atoms with E-state index < -0.39 is 5.60 Å². The van der Waals surface area contributed by atoms with Crippen molar-refractivity contribution in [3.05, 3.63) is 16.9 Å². The number of carbonyl (C=O) groups excluding carboxylic acids is 1. The molecule has 0 unspecified atom stereocenters. The third-order valence-electron chi connectivity index (χ3n) is 3.34. The zero-order valence-corrected chi connectivity index (χ0v) is 13.8. The average molecular weight is 344 g/mol. The fourth-order valence-corrected chi connectivity index (χ4v) is 2.85. The molecule has 20 heavy (non-hydrogen) atoms. The van der Waals surface area contributed by atoms with Gasteiger partial charge >= 0.3 is 6.09 Å². The van der Waals surface area contributed by atoms with Crippen molar-refractivity contribution < 1.29 is 9.53 Å². The highest BCUT2D eigenvalue weighted by Gasteiger charge is 2.30. The summed E-state index contributed by atoms with van der Waals surface area (Å²) in [6.07, 6.45) is 7.66. The van der Waals surface area contributed by atoms with Gasteiger partial charge in [0.25, 0.3) is 0 Å². The van der Waals surface area contributed by atoms with Crippen LogP contribution in [0.15, 0.2) is 16.9 Å². The van der Waals surface area contributed by atoms with E-state index in [-0.39, 0.29) is 18.2 Å². The summed E-state index contributed by atoms with van der Waals surface area (Å²) in [4.78, 5) is 11.9. The molecule has 1 aromatic heterocycles. The van der Waals surface area contributed by atoms with Gasteiger partial charge in [0.15, 0.2) is 0 Å². The molecule has 1 aromatic rings. The second-order valence-electron chi connectivity index (χ2n) is 6.24. The van der Waals surface area contributed by atoms with E-state index in [1.54, 1.807) is 6.20 Å². The number of halogens is 1. The smallest absolute Gasteiger partial charge is 0.407 e. The first kappa shape index (κ1) is 15.4. The van der Waals surface area contributed by atoms with Crippen molar-refractivity contribution in [3.8, 4) is 0 Å². The van der Waals surface area contributed by atoms with Gasteiger partial charge in [-0.25, -0.2) is 4.79 Å². The molecular weight excluding hydrogens is 322 g/mol. The third kappa shape index (κ3) is 4.23. The number of alkyl carbamates (subject to hydrolysis) is 1. The lowest BCUT2D eigenvalue weighted by molar-refractivity contribution is 0.0469. The molecule has 2 atom stereocenters. The molecule has 0 saturated heterocycles. The van der Waals surface area contributed by atoms with Crippen LogP contribution in [-0.2, 0) is 4.74 Å². The molecule has 1 heterocycles. The standard InChI is InChI=1S/C14H22BrN3O2/c1-14(2,3)20-13(19)17-11-6-4-5-7-12(11)18-9-10(15)8-16-18/h8-9,11-12H,4-7H2,1-3H3,(H,17,19)/t11-,12+/m1/s1. The summed E-state index contributed by atoms with van der Waals surface area (Å²) in [7, 11) is 0. The number of aromatic nitrogens is 2. The molecule has 1 N–H and O–H groups in total. The molecule has 5 nitrogen and oxygen atoms in total. The summed E-state index contributed by atoms with van der Waals surface area (Å²) < 4.78 is 8.23. The summed E-state index contributed by atoms with van der Waals surface area (Å²) in [5.41, 5.74) is -0.469. The molecule has 1 aliphatic carbocycles. The van der Waals surface area contributed by atoms with Gasteiger partial charge in [0, 0.05) is 6.20 Å². The number of carbonyl (C=O) groups is 1. The van der Waals surface area contributed by atoms with Gasteiger partial charge in [-0.3, -0.25) is 4.68 Å². The van der Waals surface area contributed by atoms with E-state index in [1.807, 2.05) is 31.6 Å². The fourth-order valence-electron chi connectivity index (χ4n) is 2.55. The van der Waals surface area contributed by atoms with Crippen LogP contribution >= 0.6 is 15.9 Å². The SMILES string of the molecule is CC(C)(C)OC(=O)N[C@@H]1CCCC[C@@H]1n1cc(Br)cn1. The van der Waals surface area contributed by atoms with Gasteiger partial charge in [-0.2, -0.15) is 5.10 Å². The second-order valence-corrected chi connectivity index (χ2v) is 7.16. The predicted octanol–water partition coefficient (Wildman–Crippen LogP) is 3.65. The zero-order chi connectivity index (χ0) is 14.8. The van der Waals surface area contributed by atoms with E-state index in [1.165, 1.54) is 0 Å². The quantitative estimate of drug-likeness (QED) is 0.891. The summed E-state index contributed by atoms with van der Waals surface area (Å²) >= 11 is 3.41. The topological polar surface area (TPSA) is 56.1 Å². The lowest BCUT2D eigenvalue weighted by Crippen LogP contribution is -2.45. The van der Waals surface area contributed by atoms with E-state index in [4.69, 9.17) is 4.74 Å². The molecule has 2 rings (SSSR count). The molecule has 1 aliphatic rings. The average Bonchev–Trinajstić information content (AvgIpc) is 2.74. The van der Waals surface area contributed by atoms with Crippen molar-refractivity contribution in [2.24, 2.45) is 0 Å². The summed E-state index contributed by atoms with van der Waals surface area (Å²) in [5.74, 6) is 0. The van der Waals surface area contributed by atoms with E-state index in [9.17, 15) is 4.79 Å². The van der Waals surface area contributed by atoms with Gasteiger partial charge in [-0.15, -0.1) is 0 Å². The number of hydrogen-bond acceptors (Lipinski definition) is 3. The molecule has 0 bridgehead atoms. The van der Waals surface area contributed by atoms with Gasteiger partial charge in [0.2, 0.25) is 0 Å². The second kappa shape index (κ2) is 6.16. The van der Waals surface area contributed by atoms with Crippen molar-refractivity contribution >= 4 is 22.0 Å². The Morgan fingerprint density at radius 3 is 2.75 bits per heavy atom. The van der Waals surface area contributed by atoms with Gasteiger partial charge < -0.3 is 10.1 Å². The van der Waals surface area contributed by atoms with Gasteiger partial charge in [-0.05, 0) is 49.5 Å². The molecule has 1 amide bonds. The number of nitrogens with one attached hydrogen (secondary N) is 1. The summed E-state index contributed by atoms with van der Waals surface area (Å²) in [6.45, 7) is 5.61. The number of ether oxygens (including phenoxy) is 1. The molecule has 112 valence electrons. The molecule has 1 saturated carbocycles. The minimum Gasteiger partial charge on any atom is -0.444 e. The normalized spacial score (nSPS) is 23.4. The molecule has 6 heteroatoms. The van der Waals surface area contributed by atoms with Crippen LogP contribution in [0.3, 0.4) is 0 Å². The van der Waals surface area contributed by atoms with E-state index >= 15 is 0 Å². The Kier molecular flexibility index (Phi) is 4.73. The monoisotopic (exact) mass is 343 g/mol. The molecule has 0 aliphatic heterocycles. The van der Waals surface area contributed by atoms with E-state index in [0.29, 0.717) is 0 Å². The van der Waals surface area contributed by atoms with Crippen molar-refractivity contribution in [1.82, 2.24) is 15.1 Å². The van der Waals surface area contributed by atoms with Crippen molar-refractivity contribution in [2.45, 2.75) is 64.1 Å². The third-order valence-corrected chi connectivity index (χ3v) is 3.75. The van der Waals surface area contributed by atoms with Crippen molar-refractivity contribution in [3.63, 3.8) is 0 Å². The van der Waals surface area contributed by atoms with Crippen LogP contribution in [-0.4, -0.2) is 27.5 Å². The lowest BCUT2D eigenvalue weighted by atomic mass is 9.90. The Labute approximate surface area is 128 Å². The molecular formula is C14H22BrN3O2. The first-order valence-electron chi connectivity index (χ1n) is 7.04. The first-order valence-corrected chi connectivity index (χ1v) is 7.83. The minimum absolute atomic E-state index is 0.0744. The van der Waals surface area contributed by atoms with Crippen LogP contribution in [0.5, 0.6) is 0 Å². The highest BCUT2D eigenvalue weighted by molar-refractivity contribution is 9.10. The Morgan fingerprint density at radius 1 is 1.45 bits per heavy atom. The molecule has 0 aromatic carbocycles. The van der Waals surface area contributed by atoms with E-state index in [2.05, 4.69) is 26.3 Å². The van der Waals surface area contributed by atoms with Crippen molar-refractivity contribution in [1.29, 1.82) is 0 Å². The Balaban J connectivity index is 2.02. The maximum atomic E-state index is 11.9. The Hall–Kier alpha value is -1.04. The fraction of sp³-hybridized carbons (Fsp3) is 0.714. The lowest BCUT2D eigenvalue weighted by Gasteiger charge is -2.33. The van der Waals surface area contributed by atoms with Crippen LogP contribution in [0.1, 0.15) is 52.5 Å². The number of nitrogens with zero attached hydrogens (tertiary/aromatic N) is 2. The van der Waals surface area contributed by atoms with E-state index in [0.717, 1.165) is 30.2 Å². The van der Waals surface area contributed by atoms with Gasteiger partial charge in [-0.1, -0.05) is 12.8 Å². The number of amides is 1. The summed E-state index contributed by atoms with van der Waals surface area (Å²) in [5, 5.41) is 7.35. The van der Waals surface area contributed by atoms with Gasteiger partial charge in [0.1, 0.15) is 5.60 Å². The predicted molar refractivity (Wildman–Crippen MR) is 80.6 cm³/mol. The largest absolute Gasteiger partial charge is 0.444 e.